The van der Waals surface area contributed by atoms with Crippen molar-refractivity contribution in [3.8, 4) is 0 Å². The molecule has 4 aliphatic rings. The molecule has 348 valence electrons. The Morgan fingerprint density at radius 2 is 1.58 bits per heavy atom. The molecule has 3 fully saturated rings. The summed E-state index contributed by atoms with van der Waals surface area (Å²) in [5.74, 6) is -7.37. The molecule has 1 aliphatic carbocycles. The van der Waals surface area contributed by atoms with Crippen molar-refractivity contribution >= 4 is 29.2 Å². The highest BCUT2D eigenvalue weighted by atomic mass is 16.6. The van der Waals surface area contributed by atoms with Crippen LogP contribution in [0.25, 0.3) is 0 Å². The number of hydrogen-bond donors (Lipinski definition) is 3. The van der Waals surface area contributed by atoms with Crippen LogP contribution < -0.4 is 0 Å². The number of allylic oxidation sites excluding steroid dienone is 6. The highest BCUT2D eigenvalue weighted by molar-refractivity contribution is 6.39. The Morgan fingerprint density at radius 1 is 0.855 bits per heavy atom. The monoisotopic (exact) mass is 870 g/mol. The zero-order chi connectivity index (χ0) is 45.9. The van der Waals surface area contributed by atoms with E-state index in [0.717, 1.165) is 12.0 Å². The summed E-state index contributed by atoms with van der Waals surface area (Å²) in [5.41, 5.74) is 1.39. The summed E-state index contributed by atoms with van der Waals surface area (Å²) in [4.78, 5) is 70.6. The van der Waals surface area contributed by atoms with Crippen LogP contribution in [0.3, 0.4) is 0 Å². The molecule has 62 heavy (non-hydrogen) atoms. The molecule has 0 aromatic carbocycles. The van der Waals surface area contributed by atoms with Crippen LogP contribution in [0, 0.1) is 35.5 Å². The Bertz CT molecular complexity index is 1690. The fourth-order valence-electron chi connectivity index (χ4n) is 9.61. The highest BCUT2D eigenvalue weighted by Gasteiger charge is 2.53. The lowest BCUT2D eigenvalue weighted by molar-refractivity contribution is -0.265. The van der Waals surface area contributed by atoms with E-state index in [4.69, 9.17) is 18.9 Å². The van der Waals surface area contributed by atoms with Gasteiger partial charge in [-0.15, -0.1) is 0 Å². The number of carbonyl (C=O) groups excluding carboxylic acids is 5. The first-order valence-electron chi connectivity index (χ1n) is 22.9. The number of ether oxygens (including phenoxy) is 4. The Labute approximate surface area is 369 Å². The van der Waals surface area contributed by atoms with Crippen molar-refractivity contribution in [2.24, 2.45) is 35.5 Å². The Morgan fingerprint density at radius 3 is 2.27 bits per heavy atom. The Hall–Kier alpha value is -3.33. The molecule has 2 bridgehead atoms. The molecule has 14 atom stereocenters. The number of esters is 1. The number of fused-ring (bicyclic) bond motifs is 3. The van der Waals surface area contributed by atoms with Gasteiger partial charge in [-0.05, 0) is 101 Å². The van der Waals surface area contributed by atoms with Crippen molar-refractivity contribution in [2.75, 3.05) is 20.8 Å². The molecular weight excluding hydrogens is 795 g/mol. The van der Waals surface area contributed by atoms with Crippen LogP contribution in [0.1, 0.15) is 126 Å². The van der Waals surface area contributed by atoms with E-state index < -0.39 is 71.8 Å². The summed E-state index contributed by atoms with van der Waals surface area (Å²) < 4.78 is 23.6. The van der Waals surface area contributed by atoms with Crippen molar-refractivity contribution in [3.05, 3.63) is 47.6 Å². The number of rotatable bonds is 5. The zero-order valence-corrected chi connectivity index (χ0v) is 38.6. The maximum atomic E-state index is 14.2. The van der Waals surface area contributed by atoms with Crippen LogP contribution in [-0.4, -0.2) is 119 Å². The standard InChI is InChI=1S/C49H75NO12/c1-29-14-11-10-12-15-30(2)43(59-8)26-37-19-17-35(7)49(58,62-37)46(55)47(56)50-21-13-16-38(50)48(57)61-44(34(6)24-36-18-20-39(51)45(25-36)60-9)28-42(54)33(5)23-32(4)41(53)27-40(52)31(3)22-29/h10-12,14-15,23,29,31,33-39,41,43-45,51,53,58H,13,16-22,24-28H2,1-9H3/b12-10+,14-11+,30-15+,32-23+/t29-,31-,33-,34-,35-,36?,37+,38+,39+,41+,43+,44+,45+,49-/m1/s1. The topological polar surface area (TPSA) is 186 Å². The van der Waals surface area contributed by atoms with Gasteiger partial charge in [0.05, 0.1) is 30.5 Å². The lowest BCUT2D eigenvalue weighted by Gasteiger charge is -2.41. The third kappa shape index (κ3) is 13.6. The minimum atomic E-state index is -2.41. The van der Waals surface area contributed by atoms with Crippen molar-refractivity contribution in [1.29, 1.82) is 0 Å². The van der Waals surface area contributed by atoms with E-state index in [9.17, 15) is 39.3 Å². The maximum absolute atomic E-state index is 14.2. The first kappa shape index (κ1) is 51.3. The van der Waals surface area contributed by atoms with E-state index in [1.807, 2.05) is 58.1 Å². The first-order chi connectivity index (χ1) is 29.3. The van der Waals surface area contributed by atoms with Crippen LogP contribution in [0.15, 0.2) is 47.6 Å². The molecule has 13 nitrogen and oxygen atoms in total. The minimum absolute atomic E-state index is 0.0733. The molecule has 1 saturated carbocycles. The number of ketones is 3. The van der Waals surface area contributed by atoms with E-state index in [1.54, 1.807) is 41.1 Å². The lowest BCUT2D eigenvalue weighted by Crippen LogP contribution is -2.59. The molecule has 3 N–H and O–H groups in total. The van der Waals surface area contributed by atoms with Crippen molar-refractivity contribution < 1.29 is 58.2 Å². The normalized spacial score (nSPS) is 40.4. The molecule has 4 rings (SSSR count). The average Bonchev–Trinajstić information content (AvgIpc) is 3.73. The van der Waals surface area contributed by atoms with Crippen molar-refractivity contribution in [1.82, 2.24) is 4.90 Å². The van der Waals surface area contributed by atoms with E-state index in [2.05, 4.69) is 0 Å². The number of hydrogen-bond acceptors (Lipinski definition) is 12. The number of Topliss-reactive ketones (excluding diaryl/α,β-unsaturated/α-hetero) is 3. The third-order valence-electron chi connectivity index (χ3n) is 13.9. The van der Waals surface area contributed by atoms with Gasteiger partial charge in [-0.1, -0.05) is 71.1 Å². The molecule has 0 aromatic rings. The number of carbonyl (C=O) groups is 5. The predicted molar refractivity (Wildman–Crippen MR) is 234 cm³/mol. The summed E-state index contributed by atoms with van der Waals surface area (Å²) >= 11 is 0. The molecule has 0 aromatic heterocycles. The predicted octanol–water partition coefficient (Wildman–Crippen LogP) is 6.17. The molecule has 0 spiro atoms. The number of aliphatic hydroxyl groups excluding tert-OH is 2. The summed E-state index contributed by atoms with van der Waals surface area (Å²) in [6.45, 7) is 12.9. The van der Waals surface area contributed by atoms with Crippen LogP contribution in [-0.2, 0) is 42.9 Å². The molecule has 3 heterocycles. The first-order valence-corrected chi connectivity index (χ1v) is 22.9. The molecule has 13 heteroatoms. The van der Waals surface area contributed by atoms with Crippen LogP contribution in [0.2, 0.25) is 0 Å². The van der Waals surface area contributed by atoms with Crippen molar-refractivity contribution in [2.45, 2.75) is 174 Å². The van der Waals surface area contributed by atoms with Gasteiger partial charge >= 0.3 is 5.97 Å². The van der Waals surface area contributed by atoms with Gasteiger partial charge in [0.25, 0.3) is 11.7 Å². The van der Waals surface area contributed by atoms with Gasteiger partial charge in [0.15, 0.2) is 0 Å². The fraction of sp³-hybridized carbons (Fsp3) is 0.735. The Balaban J connectivity index is 1.65. The van der Waals surface area contributed by atoms with Crippen molar-refractivity contribution in [3.63, 3.8) is 0 Å². The van der Waals surface area contributed by atoms with Gasteiger partial charge in [-0.2, -0.15) is 0 Å². The van der Waals surface area contributed by atoms with Crippen LogP contribution in [0.5, 0.6) is 0 Å². The van der Waals surface area contributed by atoms with Crippen LogP contribution in [0.4, 0.5) is 0 Å². The number of methoxy groups -OCH3 is 2. The van der Waals surface area contributed by atoms with Gasteiger partial charge in [0.2, 0.25) is 5.79 Å². The largest absolute Gasteiger partial charge is 0.460 e. The molecule has 0 radical (unpaired) electrons. The maximum Gasteiger partial charge on any atom is 0.329 e. The summed E-state index contributed by atoms with van der Waals surface area (Å²) in [5, 5.41) is 33.3. The van der Waals surface area contributed by atoms with E-state index in [0.29, 0.717) is 56.9 Å². The molecule has 3 aliphatic heterocycles. The smallest absolute Gasteiger partial charge is 0.329 e. The van der Waals surface area contributed by atoms with Gasteiger partial charge in [0.1, 0.15) is 23.7 Å². The quantitative estimate of drug-likeness (QED) is 0.163. The fourth-order valence-corrected chi connectivity index (χ4v) is 9.61. The second kappa shape index (κ2) is 23.6. The van der Waals surface area contributed by atoms with Gasteiger partial charge in [-0.3, -0.25) is 19.2 Å². The van der Waals surface area contributed by atoms with E-state index >= 15 is 0 Å². The molecule has 1 unspecified atom stereocenters. The summed E-state index contributed by atoms with van der Waals surface area (Å²) in [6, 6.07) is -1.11. The van der Waals surface area contributed by atoms with E-state index in [-0.39, 0.29) is 67.1 Å². The molecule has 1 amide bonds. The van der Waals surface area contributed by atoms with E-state index in [1.165, 1.54) is 4.90 Å². The van der Waals surface area contributed by atoms with Gasteiger partial charge in [-0.25, -0.2) is 4.79 Å². The Kier molecular flexibility index (Phi) is 19.5. The lowest BCUT2D eigenvalue weighted by atomic mass is 9.78. The van der Waals surface area contributed by atoms with Crippen LogP contribution >= 0.6 is 0 Å². The highest BCUT2D eigenvalue weighted by Crippen LogP contribution is 2.38. The molecule has 2 saturated heterocycles. The SMILES string of the molecule is CO[C@H]1C[C@@H]2CC[C@@H](C)[C@@](O)(O2)C(=O)C(=O)N2CCC[C@H]2C(=O)O[C@H]([C@H](C)CC2CC[C@H](O)[C@@H](OC)C2)CC(=O)[C@H](C)/C=C(\C)[C@@H](O)CC(=O)[C@H](C)C[C@H](C)/C=C/C=C/C=C/1C. The zero-order valence-electron chi connectivity index (χ0n) is 38.6. The number of cyclic esters (lactones) is 1. The number of nitrogens with zero attached hydrogens (tertiary/aromatic N) is 1. The summed E-state index contributed by atoms with van der Waals surface area (Å²) in [6.07, 6.45) is 12.2. The summed E-state index contributed by atoms with van der Waals surface area (Å²) in [7, 11) is 3.15. The van der Waals surface area contributed by atoms with Gasteiger partial charge < -0.3 is 39.2 Å². The second-order valence-electron chi connectivity index (χ2n) is 18.9. The average molecular weight is 870 g/mol. The molecular formula is C49H75NO12. The number of aliphatic hydroxyl groups is 3. The third-order valence-corrected chi connectivity index (χ3v) is 13.9. The minimum Gasteiger partial charge on any atom is -0.460 e. The van der Waals surface area contributed by atoms with Gasteiger partial charge in [0, 0.05) is 57.8 Å². The number of amides is 1. The second-order valence-corrected chi connectivity index (χ2v) is 18.9.